The van der Waals surface area contributed by atoms with Gasteiger partial charge >= 0.3 is 0 Å². The molecule has 1 fully saturated rings. The van der Waals surface area contributed by atoms with E-state index in [-0.39, 0.29) is 11.9 Å². The van der Waals surface area contributed by atoms with Crippen LogP contribution in [-0.2, 0) is 0 Å². The Morgan fingerprint density at radius 2 is 1.66 bits per heavy atom. The van der Waals surface area contributed by atoms with Crippen molar-refractivity contribution in [2.45, 2.75) is 18.9 Å². The van der Waals surface area contributed by atoms with E-state index in [4.69, 9.17) is 14.7 Å². The fraction of sp³-hybridized carbons (Fsp3) is 0.179. The molecular weight excluding hydrogens is 483 g/mol. The number of pyridine rings is 3. The third kappa shape index (κ3) is 4.14. The Hall–Kier alpha value is -4.70. The van der Waals surface area contributed by atoms with Crippen LogP contribution in [0.2, 0.25) is 0 Å². The van der Waals surface area contributed by atoms with Crippen molar-refractivity contribution in [3.8, 4) is 39.7 Å². The van der Waals surface area contributed by atoms with Crippen LogP contribution in [0.4, 0.5) is 4.39 Å². The van der Waals surface area contributed by atoms with Crippen molar-refractivity contribution in [3.05, 3.63) is 73.1 Å². The number of nitrogens with zero attached hydrogens (tertiary/aromatic N) is 5. The molecule has 0 atom stereocenters. The Kier molecular flexibility index (Phi) is 5.51. The molecule has 0 spiro atoms. The molecule has 6 aromatic rings. The van der Waals surface area contributed by atoms with Gasteiger partial charge in [0.1, 0.15) is 23.2 Å². The Morgan fingerprint density at radius 3 is 2.53 bits per heavy atom. The maximum atomic E-state index is 13.5. The van der Waals surface area contributed by atoms with Gasteiger partial charge in [-0.05, 0) is 61.8 Å². The van der Waals surface area contributed by atoms with E-state index >= 15 is 0 Å². The van der Waals surface area contributed by atoms with E-state index in [1.165, 1.54) is 12.1 Å². The molecule has 10 heteroatoms. The number of aromatic amines is 2. The fourth-order valence-electron chi connectivity index (χ4n) is 4.84. The summed E-state index contributed by atoms with van der Waals surface area (Å²) in [7, 11) is 0. The Balaban J connectivity index is 1.25. The summed E-state index contributed by atoms with van der Waals surface area (Å²) in [4.78, 5) is 21.8. The molecule has 0 aliphatic carbocycles. The predicted octanol–water partition coefficient (Wildman–Crippen LogP) is 4.90. The van der Waals surface area contributed by atoms with E-state index in [0.29, 0.717) is 17.0 Å². The number of hydrogen-bond donors (Lipinski definition) is 3. The van der Waals surface area contributed by atoms with Crippen molar-refractivity contribution in [2.24, 2.45) is 0 Å². The van der Waals surface area contributed by atoms with Gasteiger partial charge in [0.2, 0.25) is 0 Å². The zero-order valence-corrected chi connectivity index (χ0v) is 20.3. The molecule has 0 bridgehead atoms. The molecule has 5 aromatic heterocycles. The molecule has 1 aromatic carbocycles. The first-order valence-corrected chi connectivity index (χ1v) is 12.5. The predicted molar refractivity (Wildman–Crippen MR) is 142 cm³/mol. The number of rotatable bonds is 5. The number of H-pyrrole nitrogens is 2. The zero-order chi connectivity index (χ0) is 25.5. The van der Waals surface area contributed by atoms with E-state index in [1.807, 2.05) is 18.2 Å². The molecule has 38 heavy (non-hydrogen) atoms. The summed E-state index contributed by atoms with van der Waals surface area (Å²) in [5.41, 5.74) is 6.79. The lowest BCUT2D eigenvalue weighted by molar-refractivity contribution is 0.162. The lowest BCUT2D eigenvalue weighted by Crippen LogP contribution is -2.34. The van der Waals surface area contributed by atoms with E-state index in [0.717, 1.165) is 70.6 Å². The van der Waals surface area contributed by atoms with Crippen LogP contribution < -0.4 is 10.1 Å². The van der Waals surface area contributed by atoms with Crippen molar-refractivity contribution in [1.29, 1.82) is 0 Å². The largest absolute Gasteiger partial charge is 0.489 e. The minimum Gasteiger partial charge on any atom is -0.489 e. The summed E-state index contributed by atoms with van der Waals surface area (Å²) in [5.74, 6) is 1.01. The van der Waals surface area contributed by atoms with Crippen LogP contribution in [-0.4, -0.2) is 54.3 Å². The molecule has 0 amide bonds. The van der Waals surface area contributed by atoms with Gasteiger partial charge in [-0.3, -0.25) is 15.1 Å². The van der Waals surface area contributed by atoms with Gasteiger partial charge in [0.15, 0.2) is 11.5 Å². The summed E-state index contributed by atoms with van der Waals surface area (Å²) in [6, 6.07) is 12.1. The van der Waals surface area contributed by atoms with Gasteiger partial charge in [-0.25, -0.2) is 14.4 Å². The third-order valence-electron chi connectivity index (χ3n) is 6.78. The van der Waals surface area contributed by atoms with E-state index in [9.17, 15) is 4.39 Å². The highest BCUT2D eigenvalue weighted by molar-refractivity contribution is 5.95. The Bertz CT molecular complexity index is 1750. The number of hydrogen-bond acceptors (Lipinski definition) is 7. The van der Waals surface area contributed by atoms with Crippen LogP contribution in [0.1, 0.15) is 12.8 Å². The maximum absolute atomic E-state index is 13.5. The summed E-state index contributed by atoms with van der Waals surface area (Å²) in [6.45, 7) is 1.92. The molecule has 0 saturated carbocycles. The minimum atomic E-state index is -0.292. The fourth-order valence-corrected chi connectivity index (χ4v) is 4.84. The van der Waals surface area contributed by atoms with Crippen LogP contribution in [0.15, 0.2) is 67.3 Å². The van der Waals surface area contributed by atoms with Crippen LogP contribution >= 0.6 is 0 Å². The van der Waals surface area contributed by atoms with Crippen molar-refractivity contribution in [2.75, 3.05) is 13.1 Å². The van der Waals surface area contributed by atoms with Crippen LogP contribution in [0.5, 0.6) is 5.75 Å². The number of nitrogens with one attached hydrogen (secondary N) is 3. The lowest BCUT2D eigenvalue weighted by atomic mass is 10.1. The second kappa shape index (κ2) is 9.31. The summed E-state index contributed by atoms with van der Waals surface area (Å²) in [5, 5.41) is 10.9. The maximum Gasteiger partial charge on any atom is 0.161 e. The summed E-state index contributed by atoms with van der Waals surface area (Å²) in [6.07, 6.45) is 9.11. The molecule has 9 nitrogen and oxygen atoms in total. The highest BCUT2D eigenvalue weighted by atomic mass is 19.1. The van der Waals surface area contributed by atoms with Gasteiger partial charge in [-0.2, -0.15) is 5.10 Å². The quantitative estimate of drug-likeness (QED) is 0.305. The lowest BCUT2D eigenvalue weighted by Gasteiger charge is -2.23. The second-order valence-corrected chi connectivity index (χ2v) is 9.32. The molecule has 3 N–H and O–H groups in total. The first kappa shape index (κ1) is 22.5. The van der Waals surface area contributed by atoms with Gasteiger partial charge in [-0.1, -0.05) is 12.1 Å². The van der Waals surface area contributed by atoms with E-state index < -0.39 is 0 Å². The normalized spacial score (nSPS) is 14.3. The van der Waals surface area contributed by atoms with Gasteiger partial charge < -0.3 is 15.0 Å². The molecular formula is C28H23FN8O. The average Bonchev–Trinajstić information content (AvgIpc) is 3.58. The second-order valence-electron chi connectivity index (χ2n) is 9.32. The number of imidazole rings is 1. The van der Waals surface area contributed by atoms with E-state index in [1.54, 1.807) is 36.9 Å². The summed E-state index contributed by atoms with van der Waals surface area (Å²) < 4.78 is 19.6. The third-order valence-corrected chi connectivity index (χ3v) is 6.78. The monoisotopic (exact) mass is 506 g/mol. The molecule has 0 radical (unpaired) electrons. The first-order valence-electron chi connectivity index (χ1n) is 12.5. The number of piperidine rings is 1. The molecule has 1 aliphatic rings. The van der Waals surface area contributed by atoms with Crippen LogP contribution in [0.25, 0.3) is 56.0 Å². The van der Waals surface area contributed by atoms with Crippen molar-refractivity contribution < 1.29 is 9.13 Å². The van der Waals surface area contributed by atoms with Crippen LogP contribution in [0, 0.1) is 5.82 Å². The first-order chi connectivity index (χ1) is 18.7. The standard InChI is InChI=1S/C28H23FN8O/c29-18-3-1-16(2-4-18)21-14-32-15-24-25(21)35-28(34-24)27-26-23(36-37-27)6-5-22(33-26)17-11-20(13-31-12-17)38-19-7-9-30-10-8-19/h1-6,11-15,19,30H,7-10H2,(H,34,35)(H,36,37). The molecule has 1 saturated heterocycles. The molecule has 0 unspecified atom stereocenters. The van der Waals surface area contributed by atoms with Crippen LogP contribution in [0.3, 0.4) is 0 Å². The van der Waals surface area contributed by atoms with Gasteiger partial charge in [0, 0.05) is 23.5 Å². The highest BCUT2D eigenvalue weighted by Crippen LogP contribution is 2.32. The SMILES string of the molecule is Fc1ccc(-c2cncc3[nH]c(-c4n[nH]c5ccc(-c6cncc(OC7CCNCC7)c6)nc45)nc23)cc1. The smallest absolute Gasteiger partial charge is 0.161 e. The number of fused-ring (bicyclic) bond motifs is 2. The molecule has 188 valence electrons. The van der Waals surface area contributed by atoms with Crippen molar-refractivity contribution in [1.82, 2.24) is 40.4 Å². The number of ether oxygens (including phenoxy) is 1. The molecule has 6 heterocycles. The number of aromatic nitrogens is 7. The average molecular weight is 507 g/mol. The number of benzene rings is 1. The van der Waals surface area contributed by atoms with Crippen molar-refractivity contribution >= 4 is 22.1 Å². The highest BCUT2D eigenvalue weighted by Gasteiger charge is 2.18. The van der Waals surface area contributed by atoms with Crippen molar-refractivity contribution in [3.63, 3.8) is 0 Å². The van der Waals surface area contributed by atoms with Gasteiger partial charge in [0.25, 0.3) is 0 Å². The van der Waals surface area contributed by atoms with Gasteiger partial charge in [-0.15, -0.1) is 0 Å². The minimum absolute atomic E-state index is 0.187. The Morgan fingerprint density at radius 1 is 0.816 bits per heavy atom. The van der Waals surface area contributed by atoms with E-state index in [2.05, 4.69) is 30.5 Å². The molecule has 1 aliphatic heterocycles. The number of halogens is 1. The molecule has 7 rings (SSSR count). The topological polar surface area (TPSA) is 117 Å². The summed E-state index contributed by atoms with van der Waals surface area (Å²) >= 11 is 0. The zero-order valence-electron chi connectivity index (χ0n) is 20.3. The Labute approximate surface area is 216 Å². The van der Waals surface area contributed by atoms with Gasteiger partial charge in [0.05, 0.1) is 34.6 Å².